The number of carbonyl (C=O) groups excluding carboxylic acids is 1. The van der Waals surface area contributed by atoms with E-state index in [0.29, 0.717) is 11.9 Å². The number of piperidine rings is 1. The van der Waals surface area contributed by atoms with Crippen molar-refractivity contribution in [2.24, 2.45) is 11.3 Å². The van der Waals surface area contributed by atoms with Gasteiger partial charge in [0, 0.05) is 18.0 Å². The van der Waals surface area contributed by atoms with E-state index >= 15 is 0 Å². The van der Waals surface area contributed by atoms with Crippen molar-refractivity contribution < 1.29 is 4.79 Å². The molecule has 1 saturated heterocycles. The zero-order valence-electron chi connectivity index (χ0n) is 9.55. The van der Waals surface area contributed by atoms with Crippen molar-refractivity contribution in [3.05, 3.63) is 0 Å². The smallest absolute Gasteiger partial charge is 0.228 e. The molecule has 1 aliphatic carbocycles. The SMILES string of the molecule is CCCC1CC2(C)CC1N(CC)C2=O. The van der Waals surface area contributed by atoms with E-state index in [1.807, 2.05) is 0 Å². The Morgan fingerprint density at radius 1 is 1.43 bits per heavy atom. The molecule has 2 bridgehead atoms. The van der Waals surface area contributed by atoms with E-state index in [9.17, 15) is 4.79 Å². The van der Waals surface area contributed by atoms with Crippen molar-refractivity contribution in [2.45, 2.75) is 52.5 Å². The molecule has 2 nitrogen and oxygen atoms in total. The second-order valence-electron chi connectivity index (χ2n) is 5.18. The van der Waals surface area contributed by atoms with Crippen LogP contribution in [-0.2, 0) is 4.79 Å². The molecule has 0 spiro atoms. The molecule has 1 heterocycles. The molecule has 0 aromatic heterocycles. The van der Waals surface area contributed by atoms with Gasteiger partial charge in [-0.1, -0.05) is 20.3 Å². The Labute approximate surface area is 86.7 Å². The highest BCUT2D eigenvalue weighted by molar-refractivity contribution is 5.86. The molecule has 1 amide bonds. The molecule has 2 rings (SSSR count). The van der Waals surface area contributed by atoms with Gasteiger partial charge in [-0.2, -0.15) is 0 Å². The minimum atomic E-state index is 0.000509. The van der Waals surface area contributed by atoms with Crippen LogP contribution in [0.15, 0.2) is 0 Å². The number of nitrogens with zero attached hydrogens (tertiary/aromatic N) is 1. The average Bonchev–Trinajstić information content (AvgIpc) is 2.57. The summed E-state index contributed by atoms with van der Waals surface area (Å²) < 4.78 is 0. The van der Waals surface area contributed by atoms with Crippen LogP contribution >= 0.6 is 0 Å². The van der Waals surface area contributed by atoms with Gasteiger partial charge in [0.05, 0.1) is 0 Å². The summed E-state index contributed by atoms with van der Waals surface area (Å²) in [6.07, 6.45) is 4.80. The second-order valence-corrected chi connectivity index (χ2v) is 5.18. The van der Waals surface area contributed by atoms with Gasteiger partial charge < -0.3 is 4.90 Å². The van der Waals surface area contributed by atoms with E-state index in [2.05, 4.69) is 25.7 Å². The first-order valence-corrected chi connectivity index (χ1v) is 5.93. The maximum Gasteiger partial charge on any atom is 0.228 e. The van der Waals surface area contributed by atoms with Crippen molar-refractivity contribution in [3.8, 4) is 0 Å². The first kappa shape index (κ1) is 10.0. The third-order valence-electron chi connectivity index (χ3n) is 4.09. The quantitative estimate of drug-likeness (QED) is 0.677. The highest BCUT2D eigenvalue weighted by atomic mass is 16.2. The monoisotopic (exact) mass is 195 g/mol. The number of carbonyl (C=O) groups is 1. The fourth-order valence-corrected chi connectivity index (χ4v) is 3.51. The lowest BCUT2D eigenvalue weighted by atomic mass is 9.84. The summed E-state index contributed by atoms with van der Waals surface area (Å²) in [5.41, 5.74) is 0.000509. The molecule has 14 heavy (non-hydrogen) atoms. The van der Waals surface area contributed by atoms with Gasteiger partial charge >= 0.3 is 0 Å². The zero-order valence-corrected chi connectivity index (χ0v) is 9.55. The molecule has 2 fully saturated rings. The van der Waals surface area contributed by atoms with Crippen LogP contribution in [0.4, 0.5) is 0 Å². The summed E-state index contributed by atoms with van der Waals surface area (Å²) in [6.45, 7) is 7.41. The molecule has 80 valence electrons. The van der Waals surface area contributed by atoms with Crippen LogP contribution in [0.1, 0.15) is 46.5 Å². The summed E-state index contributed by atoms with van der Waals surface area (Å²) in [5.74, 6) is 1.19. The standard InChI is InChI=1S/C12H21NO/c1-4-6-9-7-12(3)8-10(9)13(5-2)11(12)14/h9-10H,4-8H2,1-3H3. The van der Waals surface area contributed by atoms with Crippen LogP contribution in [0.25, 0.3) is 0 Å². The fourth-order valence-electron chi connectivity index (χ4n) is 3.51. The van der Waals surface area contributed by atoms with E-state index in [1.54, 1.807) is 0 Å². The Hall–Kier alpha value is -0.530. The lowest BCUT2D eigenvalue weighted by Crippen LogP contribution is -2.44. The molecule has 0 aromatic carbocycles. The third kappa shape index (κ3) is 1.19. The zero-order chi connectivity index (χ0) is 10.3. The van der Waals surface area contributed by atoms with Crippen molar-refractivity contribution in [3.63, 3.8) is 0 Å². The van der Waals surface area contributed by atoms with Crippen molar-refractivity contribution in [1.29, 1.82) is 0 Å². The normalized spacial score (nSPS) is 41.1. The van der Waals surface area contributed by atoms with E-state index in [1.165, 1.54) is 12.8 Å². The Bertz CT molecular complexity index is 247. The van der Waals surface area contributed by atoms with E-state index in [4.69, 9.17) is 0 Å². The summed E-state index contributed by atoms with van der Waals surface area (Å²) >= 11 is 0. The van der Waals surface area contributed by atoms with Crippen LogP contribution in [0.2, 0.25) is 0 Å². The Morgan fingerprint density at radius 2 is 2.14 bits per heavy atom. The molecular formula is C12H21NO. The fraction of sp³-hybridized carbons (Fsp3) is 0.917. The number of likely N-dealkylation sites (tertiary alicyclic amines) is 1. The van der Waals surface area contributed by atoms with Gasteiger partial charge in [0.15, 0.2) is 0 Å². The Kier molecular flexibility index (Phi) is 2.32. The molecule has 2 aliphatic rings. The van der Waals surface area contributed by atoms with E-state index < -0.39 is 0 Å². The average molecular weight is 195 g/mol. The number of fused-ring (bicyclic) bond motifs is 2. The summed E-state index contributed by atoms with van der Waals surface area (Å²) in [5, 5.41) is 0. The number of amides is 1. The lowest BCUT2D eigenvalue weighted by molar-refractivity contribution is -0.140. The maximum absolute atomic E-state index is 12.0. The van der Waals surface area contributed by atoms with Crippen molar-refractivity contribution >= 4 is 5.91 Å². The molecule has 2 heteroatoms. The van der Waals surface area contributed by atoms with Crippen LogP contribution in [0.3, 0.4) is 0 Å². The summed E-state index contributed by atoms with van der Waals surface area (Å²) in [6, 6.07) is 0.567. The van der Waals surface area contributed by atoms with Gasteiger partial charge in [-0.25, -0.2) is 0 Å². The topological polar surface area (TPSA) is 20.3 Å². The number of rotatable bonds is 3. The minimum Gasteiger partial charge on any atom is -0.339 e. The largest absolute Gasteiger partial charge is 0.339 e. The lowest BCUT2D eigenvalue weighted by Gasteiger charge is -2.35. The van der Waals surface area contributed by atoms with Crippen LogP contribution < -0.4 is 0 Å². The Balaban J connectivity index is 2.16. The Morgan fingerprint density at radius 3 is 2.64 bits per heavy atom. The predicted molar refractivity (Wildman–Crippen MR) is 56.9 cm³/mol. The van der Waals surface area contributed by atoms with Crippen molar-refractivity contribution in [2.75, 3.05) is 6.54 Å². The molecular weight excluding hydrogens is 174 g/mol. The number of hydrogen-bond acceptors (Lipinski definition) is 1. The molecule has 0 aromatic rings. The summed E-state index contributed by atoms with van der Waals surface area (Å²) in [4.78, 5) is 14.1. The van der Waals surface area contributed by atoms with Gasteiger partial charge in [0.1, 0.15) is 0 Å². The maximum atomic E-state index is 12.0. The van der Waals surface area contributed by atoms with Gasteiger partial charge in [0.25, 0.3) is 0 Å². The highest BCUT2D eigenvalue weighted by Gasteiger charge is 2.56. The first-order chi connectivity index (χ1) is 6.62. The highest BCUT2D eigenvalue weighted by Crippen LogP contribution is 2.52. The molecule has 0 radical (unpaired) electrons. The van der Waals surface area contributed by atoms with Crippen molar-refractivity contribution in [1.82, 2.24) is 4.90 Å². The van der Waals surface area contributed by atoms with E-state index in [-0.39, 0.29) is 5.41 Å². The molecule has 0 N–H and O–H groups in total. The molecule has 1 aliphatic heterocycles. The van der Waals surface area contributed by atoms with Crippen LogP contribution in [0.5, 0.6) is 0 Å². The van der Waals surface area contributed by atoms with Gasteiger partial charge in [0.2, 0.25) is 5.91 Å². The second kappa shape index (κ2) is 3.25. The molecule has 3 atom stereocenters. The van der Waals surface area contributed by atoms with Crippen LogP contribution in [-0.4, -0.2) is 23.4 Å². The molecule has 3 unspecified atom stereocenters. The third-order valence-corrected chi connectivity index (χ3v) is 4.09. The van der Waals surface area contributed by atoms with E-state index in [0.717, 1.165) is 25.3 Å². The summed E-state index contributed by atoms with van der Waals surface area (Å²) in [7, 11) is 0. The molecule has 1 saturated carbocycles. The van der Waals surface area contributed by atoms with Gasteiger partial charge in [-0.3, -0.25) is 4.79 Å². The van der Waals surface area contributed by atoms with Crippen LogP contribution in [0, 0.1) is 11.3 Å². The predicted octanol–water partition coefficient (Wildman–Crippen LogP) is 2.43. The minimum absolute atomic E-state index is 0.000509. The van der Waals surface area contributed by atoms with Gasteiger partial charge in [-0.05, 0) is 32.1 Å². The van der Waals surface area contributed by atoms with Gasteiger partial charge in [-0.15, -0.1) is 0 Å². The number of hydrogen-bond donors (Lipinski definition) is 0. The first-order valence-electron chi connectivity index (χ1n) is 5.93.